The van der Waals surface area contributed by atoms with E-state index in [0.29, 0.717) is 12.4 Å². The number of hydrogen-bond donors (Lipinski definition) is 1. The molecular formula is C9H14N2O2. The predicted molar refractivity (Wildman–Crippen MR) is 49.9 cm³/mol. The van der Waals surface area contributed by atoms with Gasteiger partial charge in [-0.15, -0.1) is 0 Å². The minimum Gasteiger partial charge on any atom is -0.490 e. The highest BCUT2D eigenvalue weighted by atomic mass is 16.5. The standard InChI is InChI=1S/C9H14N2O2/c1-2-3-4-5-13-8-6-10-9(12)11-7-8/h6-7H,2-5H2,1H3,(H,10,11,12). The first kappa shape index (κ1) is 9.77. The second-order valence-corrected chi connectivity index (χ2v) is 2.81. The largest absolute Gasteiger partial charge is 0.490 e. The quantitative estimate of drug-likeness (QED) is 0.699. The van der Waals surface area contributed by atoms with Crippen LogP contribution in [0, 0.1) is 0 Å². The fraction of sp³-hybridized carbons (Fsp3) is 0.556. The lowest BCUT2D eigenvalue weighted by Gasteiger charge is -2.03. The molecule has 13 heavy (non-hydrogen) atoms. The third kappa shape index (κ3) is 3.73. The van der Waals surface area contributed by atoms with Crippen molar-refractivity contribution in [2.45, 2.75) is 26.2 Å². The van der Waals surface area contributed by atoms with Gasteiger partial charge in [-0.05, 0) is 6.42 Å². The molecule has 0 atom stereocenters. The Bertz CT molecular complexity index is 275. The van der Waals surface area contributed by atoms with E-state index in [1.165, 1.54) is 18.8 Å². The lowest BCUT2D eigenvalue weighted by molar-refractivity contribution is 0.303. The molecule has 1 rings (SSSR count). The van der Waals surface area contributed by atoms with Crippen LogP contribution in [0.3, 0.4) is 0 Å². The Morgan fingerprint density at radius 3 is 3.00 bits per heavy atom. The minimum absolute atomic E-state index is 0.346. The molecule has 0 radical (unpaired) electrons. The normalized spacial score (nSPS) is 9.92. The maximum absolute atomic E-state index is 10.6. The van der Waals surface area contributed by atoms with Crippen LogP contribution in [0.15, 0.2) is 17.2 Å². The number of rotatable bonds is 5. The molecule has 1 aromatic rings. The number of ether oxygens (including phenoxy) is 1. The highest BCUT2D eigenvalue weighted by Crippen LogP contribution is 2.04. The summed E-state index contributed by atoms with van der Waals surface area (Å²) in [7, 11) is 0. The number of H-pyrrole nitrogens is 1. The molecule has 1 aromatic heterocycles. The lowest BCUT2D eigenvalue weighted by Crippen LogP contribution is -2.09. The Kier molecular flexibility index (Phi) is 4.02. The smallest absolute Gasteiger partial charge is 0.345 e. The van der Waals surface area contributed by atoms with E-state index in [2.05, 4.69) is 16.9 Å². The fourth-order valence-corrected chi connectivity index (χ4v) is 0.951. The van der Waals surface area contributed by atoms with Crippen LogP contribution in [-0.2, 0) is 0 Å². The van der Waals surface area contributed by atoms with Crippen molar-refractivity contribution >= 4 is 0 Å². The zero-order valence-corrected chi connectivity index (χ0v) is 7.75. The number of hydrogen-bond acceptors (Lipinski definition) is 3. The van der Waals surface area contributed by atoms with Gasteiger partial charge in [-0.25, -0.2) is 4.79 Å². The van der Waals surface area contributed by atoms with Gasteiger partial charge in [0.15, 0.2) is 5.75 Å². The summed E-state index contributed by atoms with van der Waals surface area (Å²) in [5, 5.41) is 0. The topological polar surface area (TPSA) is 55.0 Å². The van der Waals surface area contributed by atoms with Crippen LogP contribution < -0.4 is 10.4 Å². The molecule has 0 saturated heterocycles. The van der Waals surface area contributed by atoms with Crippen LogP contribution in [-0.4, -0.2) is 16.6 Å². The third-order valence-electron chi connectivity index (χ3n) is 1.66. The molecule has 0 amide bonds. The summed E-state index contributed by atoms with van der Waals surface area (Å²) in [5.74, 6) is 0.621. The monoisotopic (exact) mass is 182 g/mol. The van der Waals surface area contributed by atoms with Crippen molar-refractivity contribution in [1.82, 2.24) is 9.97 Å². The number of nitrogens with zero attached hydrogens (tertiary/aromatic N) is 1. The van der Waals surface area contributed by atoms with Gasteiger partial charge < -0.3 is 9.72 Å². The first-order valence-corrected chi connectivity index (χ1v) is 4.50. The van der Waals surface area contributed by atoms with Crippen molar-refractivity contribution in [3.63, 3.8) is 0 Å². The molecule has 72 valence electrons. The zero-order chi connectivity index (χ0) is 9.52. The Labute approximate surface area is 77.0 Å². The number of nitrogens with one attached hydrogen (secondary N) is 1. The van der Waals surface area contributed by atoms with Gasteiger partial charge >= 0.3 is 5.69 Å². The first-order valence-electron chi connectivity index (χ1n) is 4.50. The van der Waals surface area contributed by atoms with Crippen molar-refractivity contribution in [1.29, 1.82) is 0 Å². The predicted octanol–water partition coefficient (Wildman–Crippen LogP) is 1.34. The van der Waals surface area contributed by atoms with E-state index in [-0.39, 0.29) is 5.69 Å². The Morgan fingerprint density at radius 2 is 2.38 bits per heavy atom. The summed E-state index contributed by atoms with van der Waals surface area (Å²) in [6, 6.07) is 0. The molecule has 0 fully saturated rings. The van der Waals surface area contributed by atoms with E-state index >= 15 is 0 Å². The van der Waals surface area contributed by atoms with Crippen LogP contribution in [0.25, 0.3) is 0 Å². The molecule has 0 bridgehead atoms. The van der Waals surface area contributed by atoms with Gasteiger partial charge in [-0.1, -0.05) is 19.8 Å². The van der Waals surface area contributed by atoms with Crippen LogP contribution in [0.5, 0.6) is 5.75 Å². The van der Waals surface area contributed by atoms with E-state index in [0.717, 1.165) is 12.8 Å². The summed E-state index contributed by atoms with van der Waals surface area (Å²) in [4.78, 5) is 16.6. The molecule has 0 aliphatic rings. The van der Waals surface area contributed by atoms with Crippen LogP contribution in [0.4, 0.5) is 0 Å². The average Bonchev–Trinajstić information content (AvgIpc) is 2.15. The third-order valence-corrected chi connectivity index (χ3v) is 1.66. The molecule has 1 N–H and O–H groups in total. The Balaban J connectivity index is 2.29. The molecular weight excluding hydrogens is 168 g/mol. The van der Waals surface area contributed by atoms with Crippen molar-refractivity contribution in [2.75, 3.05) is 6.61 Å². The van der Waals surface area contributed by atoms with E-state index < -0.39 is 0 Å². The second-order valence-electron chi connectivity index (χ2n) is 2.81. The zero-order valence-electron chi connectivity index (χ0n) is 7.75. The second kappa shape index (κ2) is 5.35. The summed E-state index contributed by atoms with van der Waals surface area (Å²) >= 11 is 0. The molecule has 1 heterocycles. The maximum atomic E-state index is 10.6. The number of aromatic amines is 1. The summed E-state index contributed by atoms with van der Waals surface area (Å²) in [6.07, 6.45) is 6.34. The van der Waals surface area contributed by atoms with Gasteiger partial charge in [0.05, 0.1) is 12.8 Å². The van der Waals surface area contributed by atoms with E-state index in [9.17, 15) is 4.79 Å². The van der Waals surface area contributed by atoms with Gasteiger partial charge in [-0.2, -0.15) is 4.98 Å². The van der Waals surface area contributed by atoms with E-state index in [4.69, 9.17) is 4.74 Å². The average molecular weight is 182 g/mol. The van der Waals surface area contributed by atoms with Gasteiger partial charge in [0.2, 0.25) is 0 Å². The molecule has 0 spiro atoms. The van der Waals surface area contributed by atoms with Crippen molar-refractivity contribution in [2.24, 2.45) is 0 Å². The van der Waals surface area contributed by atoms with E-state index in [1.54, 1.807) is 0 Å². The molecule has 0 aliphatic carbocycles. The van der Waals surface area contributed by atoms with Gasteiger partial charge in [-0.3, -0.25) is 0 Å². The number of unbranched alkanes of at least 4 members (excludes halogenated alkanes) is 2. The minimum atomic E-state index is -0.346. The molecule has 4 nitrogen and oxygen atoms in total. The molecule has 0 aliphatic heterocycles. The molecule has 0 saturated carbocycles. The van der Waals surface area contributed by atoms with Crippen LogP contribution >= 0.6 is 0 Å². The number of aromatic nitrogens is 2. The fourth-order valence-electron chi connectivity index (χ4n) is 0.951. The summed E-state index contributed by atoms with van der Waals surface area (Å²) < 4.78 is 5.33. The van der Waals surface area contributed by atoms with Gasteiger partial charge in [0.25, 0.3) is 0 Å². The Hall–Kier alpha value is -1.32. The molecule has 0 aromatic carbocycles. The highest BCUT2D eigenvalue weighted by Gasteiger charge is 1.93. The van der Waals surface area contributed by atoms with Gasteiger partial charge in [0, 0.05) is 6.20 Å². The van der Waals surface area contributed by atoms with Crippen LogP contribution in [0.1, 0.15) is 26.2 Å². The summed E-state index contributed by atoms with van der Waals surface area (Å²) in [6.45, 7) is 2.82. The Morgan fingerprint density at radius 1 is 1.54 bits per heavy atom. The van der Waals surface area contributed by atoms with E-state index in [1.807, 2.05) is 0 Å². The SMILES string of the molecule is CCCCCOc1cnc(=O)[nH]c1. The van der Waals surface area contributed by atoms with Crippen LogP contribution in [0.2, 0.25) is 0 Å². The van der Waals surface area contributed by atoms with Gasteiger partial charge in [0.1, 0.15) is 0 Å². The molecule has 0 unspecified atom stereocenters. The van der Waals surface area contributed by atoms with Crippen molar-refractivity contribution < 1.29 is 4.74 Å². The lowest BCUT2D eigenvalue weighted by atomic mass is 10.3. The van der Waals surface area contributed by atoms with Crippen molar-refractivity contribution in [3.05, 3.63) is 22.9 Å². The maximum Gasteiger partial charge on any atom is 0.345 e. The van der Waals surface area contributed by atoms with Crippen molar-refractivity contribution in [3.8, 4) is 5.75 Å². The summed E-state index contributed by atoms with van der Waals surface area (Å²) in [5.41, 5.74) is -0.346. The molecule has 4 heteroatoms. The highest BCUT2D eigenvalue weighted by molar-refractivity contribution is 5.09. The first-order chi connectivity index (χ1) is 6.33.